The Morgan fingerprint density at radius 3 is 2.65 bits per heavy atom. The molecule has 0 aliphatic carbocycles. The summed E-state index contributed by atoms with van der Waals surface area (Å²) >= 11 is 1.36. The van der Waals surface area contributed by atoms with Crippen molar-refractivity contribution in [3.8, 4) is 11.8 Å². The fraction of sp³-hybridized carbons (Fsp3) is 0.304. The molecule has 1 amide bonds. The first kappa shape index (κ1) is 21.1. The molecule has 1 aliphatic heterocycles. The van der Waals surface area contributed by atoms with Crippen LogP contribution in [0.2, 0.25) is 0 Å². The van der Waals surface area contributed by atoms with Gasteiger partial charge in [0, 0.05) is 11.4 Å². The maximum absolute atomic E-state index is 12.5. The van der Waals surface area contributed by atoms with Crippen molar-refractivity contribution in [3.63, 3.8) is 0 Å². The van der Waals surface area contributed by atoms with Crippen molar-refractivity contribution in [2.24, 2.45) is 0 Å². The molecule has 31 heavy (non-hydrogen) atoms. The fourth-order valence-electron chi connectivity index (χ4n) is 3.64. The topological polar surface area (TPSA) is 86.8 Å². The van der Waals surface area contributed by atoms with Crippen molar-refractivity contribution in [3.05, 3.63) is 66.0 Å². The van der Waals surface area contributed by atoms with Gasteiger partial charge in [-0.15, -0.1) is 10.2 Å². The molecule has 1 aromatic heterocycles. The van der Waals surface area contributed by atoms with Crippen LogP contribution in [0.15, 0.2) is 59.8 Å². The molecular weight excluding hydrogens is 408 g/mol. The SMILES string of the molecule is N#Cc1cccc(NC(=O)CSc2nnc(CN3CCCCC3)n2-c2ccccc2)c1. The van der Waals surface area contributed by atoms with Crippen LogP contribution in [0, 0.1) is 11.3 Å². The molecule has 0 saturated carbocycles. The molecule has 4 rings (SSSR count). The van der Waals surface area contributed by atoms with E-state index in [0.717, 1.165) is 31.1 Å². The Kier molecular flexibility index (Phi) is 6.97. The fourth-order valence-corrected chi connectivity index (χ4v) is 4.41. The highest BCUT2D eigenvalue weighted by Gasteiger charge is 2.19. The smallest absolute Gasteiger partial charge is 0.234 e. The van der Waals surface area contributed by atoms with Crippen LogP contribution in [-0.4, -0.2) is 44.4 Å². The van der Waals surface area contributed by atoms with Gasteiger partial charge in [-0.3, -0.25) is 14.3 Å². The summed E-state index contributed by atoms with van der Waals surface area (Å²) in [4.78, 5) is 14.9. The van der Waals surface area contributed by atoms with Crippen LogP contribution < -0.4 is 5.32 Å². The van der Waals surface area contributed by atoms with E-state index in [2.05, 4.69) is 26.5 Å². The lowest BCUT2D eigenvalue weighted by Crippen LogP contribution is -2.30. The molecule has 1 fully saturated rings. The van der Waals surface area contributed by atoms with Gasteiger partial charge in [0.05, 0.1) is 23.9 Å². The van der Waals surface area contributed by atoms with Crippen LogP contribution in [-0.2, 0) is 11.3 Å². The molecular formula is C23H24N6OS. The standard InChI is InChI=1S/C23H24N6OS/c24-15-18-8-7-9-19(14-18)25-22(30)17-31-23-27-26-21(16-28-12-5-2-6-13-28)29(23)20-10-3-1-4-11-20/h1,3-4,7-11,14H,2,5-6,12-13,16-17H2,(H,25,30). The number of aromatic nitrogens is 3. The van der Waals surface area contributed by atoms with Gasteiger partial charge in [0.1, 0.15) is 0 Å². The lowest BCUT2D eigenvalue weighted by atomic mass is 10.1. The molecule has 1 aliphatic rings. The third kappa shape index (κ3) is 5.51. The van der Waals surface area contributed by atoms with E-state index in [1.54, 1.807) is 24.3 Å². The first-order chi connectivity index (χ1) is 15.2. The summed E-state index contributed by atoms with van der Waals surface area (Å²) in [6.45, 7) is 2.90. The summed E-state index contributed by atoms with van der Waals surface area (Å²) in [5.74, 6) is 0.934. The summed E-state index contributed by atoms with van der Waals surface area (Å²) in [6, 6.07) is 19.0. The average molecular weight is 433 g/mol. The van der Waals surface area contributed by atoms with Gasteiger partial charge in [0.25, 0.3) is 0 Å². The second-order valence-electron chi connectivity index (χ2n) is 7.44. The number of nitrogens with one attached hydrogen (secondary N) is 1. The van der Waals surface area contributed by atoms with Gasteiger partial charge in [-0.2, -0.15) is 5.26 Å². The predicted molar refractivity (Wildman–Crippen MR) is 121 cm³/mol. The number of nitrogens with zero attached hydrogens (tertiary/aromatic N) is 5. The van der Waals surface area contributed by atoms with Crippen molar-refractivity contribution >= 4 is 23.4 Å². The zero-order valence-corrected chi connectivity index (χ0v) is 18.0. The molecule has 8 heteroatoms. The summed E-state index contributed by atoms with van der Waals surface area (Å²) in [5, 5.41) is 21.4. The Balaban J connectivity index is 1.48. The van der Waals surface area contributed by atoms with Crippen molar-refractivity contribution < 1.29 is 4.79 Å². The van der Waals surface area contributed by atoms with Gasteiger partial charge < -0.3 is 5.32 Å². The molecule has 0 unspecified atom stereocenters. The highest BCUT2D eigenvalue weighted by atomic mass is 32.2. The molecule has 0 radical (unpaired) electrons. The van der Waals surface area contributed by atoms with E-state index < -0.39 is 0 Å². The van der Waals surface area contributed by atoms with E-state index in [1.165, 1.54) is 31.0 Å². The average Bonchev–Trinajstić information content (AvgIpc) is 3.21. The number of amides is 1. The number of anilines is 1. The lowest BCUT2D eigenvalue weighted by Gasteiger charge is -2.26. The third-order valence-electron chi connectivity index (χ3n) is 5.14. The van der Waals surface area contributed by atoms with Gasteiger partial charge in [0.15, 0.2) is 11.0 Å². The Hall–Kier alpha value is -3.15. The zero-order valence-electron chi connectivity index (χ0n) is 17.2. The summed E-state index contributed by atoms with van der Waals surface area (Å²) in [6.07, 6.45) is 3.72. The number of likely N-dealkylation sites (tertiary alicyclic amines) is 1. The van der Waals surface area contributed by atoms with Crippen LogP contribution in [0.4, 0.5) is 5.69 Å². The lowest BCUT2D eigenvalue weighted by molar-refractivity contribution is -0.113. The van der Waals surface area contributed by atoms with Crippen molar-refractivity contribution in [1.82, 2.24) is 19.7 Å². The van der Waals surface area contributed by atoms with Gasteiger partial charge in [0.2, 0.25) is 5.91 Å². The van der Waals surface area contributed by atoms with Crippen molar-refractivity contribution in [1.29, 1.82) is 5.26 Å². The molecule has 7 nitrogen and oxygen atoms in total. The van der Waals surface area contributed by atoms with Gasteiger partial charge in [-0.25, -0.2) is 0 Å². The van der Waals surface area contributed by atoms with E-state index in [1.807, 2.05) is 34.9 Å². The largest absolute Gasteiger partial charge is 0.325 e. The minimum atomic E-state index is -0.153. The zero-order chi connectivity index (χ0) is 21.5. The highest BCUT2D eigenvalue weighted by Crippen LogP contribution is 2.24. The molecule has 1 saturated heterocycles. The van der Waals surface area contributed by atoms with Gasteiger partial charge >= 0.3 is 0 Å². The monoisotopic (exact) mass is 432 g/mol. The minimum absolute atomic E-state index is 0.153. The number of para-hydroxylation sites is 1. The maximum atomic E-state index is 12.5. The molecule has 1 N–H and O–H groups in total. The number of hydrogen-bond acceptors (Lipinski definition) is 6. The Morgan fingerprint density at radius 1 is 1.06 bits per heavy atom. The number of carbonyl (C=O) groups excluding carboxylic acids is 1. The number of benzene rings is 2. The summed E-state index contributed by atoms with van der Waals surface area (Å²) < 4.78 is 2.04. The molecule has 0 atom stereocenters. The van der Waals surface area contributed by atoms with Crippen LogP contribution in [0.1, 0.15) is 30.7 Å². The summed E-state index contributed by atoms with van der Waals surface area (Å²) in [5.41, 5.74) is 2.11. The number of thioether (sulfide) groups is 1. The predicted octanol–water partition coefficient (Wildman–Crippen LogP) is 3.86. The van der Waals surface area contributed by atoms with Crippen molar-refractivity contribution in [2.45, 2.75) is 31.0 Å². The quantitative estimate of drug-likeness (QED) is 0.571. The second-order valence-corrected chi connectivity index (χ2v) is 8.38. The second kappa shape index (κ2) is 10.2. The van der Waals surface area contributed by atoms with E-state index in [-0.39, 0.29) is 11.7 Å². The molecule has 158 valence electrons. The number of piperidine rings is 1. The molecule has 2 heterocycles. The first-order valence-electron chi connectivity index (χ1n) is 10.4. The Bertz CT molecular complexity index is 1070. The molecule has 3 aromatic rings. The van der Waals surface area contributed by atoms with Crippen LogP contribution >= 0.6 is 11.8 Å². The van der Waals surface area contributed by atoms with Crippen LogP contribution in [0.25, 0.3) is 5.69 Å². The molecule has 0 bridgehead atoms. The number of nitriles is 1. The first-order valence-corrected chi connectivity index (χ1v) is 11.4. The van der Waals surface area contributed by atoms with E-state index in [9.17, 15) is 4.79 Å². The van der Waals surface area contributed by atoms with Gasteiger partial charge in [-0.05, 0) is 56.3 Å². The molecule has 2 aromatic carbocycles. The maximum Gasteiger partial charge on any atom is 0.234 e. The van der Waals surface area contributed by atoms with Crippen LogP contribution in [0.3, 0.4) is 0 Å². The Labute approximate surface area is 186 Å². The molecule has 0 spiro atoms. The normalized spacial score (nSPS) is 14.2. The van der Waals surface area contributed by atoms with E-state index >= 15 is 0 Å². The minimum Gasteiger partial charge on any atom is -0.325 e. The van der Waals surface area contributed by atoms with Crippen molar-refractivity contribution in [2.75, 3.05) is 24.2 Å². The summed E-state index contributed by atoms with van der Waals surface area (Å²) in [7, 11) is 0. The highest BCUT2D eigenvalue weighted by molar-refractivity contribution is 7.99. The number of carbonyl (C=O) groups is 1. The number of hydrogen-bond donors (Lipinski definition) is 1. The van der Waals surface area contributed by atoms with E-state index in [0.29, 0.717) is 16.4 Å². The Morgan fingerprint density at radius 2 is 1.87 bits per heavy atom. The third-order valence-corrected chi connectivity index (χ3v) is 6.07. The van der Waals surface area contributed by atoms with Gasteiger partial charge in [-0.1, -0.05) is 42.4 Å². The number of rotatable bonds is 7. The van der Waals surface area contributed by atoms with Crippen LogP contribution in [0.5, 0.6) is 0 Å². The van der Waals surface area contributed by atoms with E-state index in [4.69, 9.17) is 5.26 Å².